The van der Waals surface area contributed by atoms with Crippen LogP contribution in [0.1, 0.15) is 50.6 Å². The number of fused-ring (bicyclic) bond motifs is 1. The van der Waals surface area contributed by atoms with Crippen LogP contribution >= 0.6 is 22.9 Å². The fraction of sp³-hybridized carbons (Fsp3) is 0.333. The highest BCUT2D eigenvalue weighted by atomic mass is 35.5. The van der Waals surface area contributed by atoms with Gasteiger partial charge in [-0.15, -0.1) is 11.3 Å². The molecule has 1 fully saturated rings. The molecule has 5 rings (SSSR count). The van der Waals surface area contributed by atoms with Gasteiger partial charge in [0.15, 0.2) is 0 Å². The number of rotatable bonds is 4. The van der Waals surface area contributed by atoms with Crippen LogP contribution in [0.25, 0.3) is 0 Å². The third kappa shape index (κ3) is 2.99. The van der Waals surface area contributed by atoms with E-state index in [4.69, 9.17) is 11.6 Å². The molecule has 0 saturated heterocycles. The topological polar surface area (TPSA) is 53.4 Å². The lowest BCUT2D eigenvalue weighted by Crippen LogP contribution is -2.47. The minimum Gasteiger partial charge on any atom is -0.508 e. The van der Waals surface area contributed by atoms with Gasteiger partial charge in [0.1, 0.15) is 12.0 Å². The van der Waals surface area contributed by atoms with Crippen LogP contribution in [0.4, 0.5) is 0 Å². The quantitative estimate of drug-likeness (QED) is 0.569. The van der Waals surface area contributed by atoms with Crippen molar-refractivity contribution in [1.29, 1.82) is 0 Å². The number of hydrogen-bond acceptors (Lipinski definition) is 5. The number of aldehydes is 1. The molecule has 6 heteroatoms. The molecule has 4 nitrogen and oxygen atoms in total. The first-order valence-electron chi connectivity index (χ1n) is 10.2. The Kier molecular flexibility index (Phi) is 4.73. The zero-order valence-corrected chi connectivity index (χ0v) is 18.5. The van der Waals surface area contributed by atoms with Gasteiger partial charge in [-0.25, -0.2) is 4.98 Å². The molecule has 0 radical (unpaired) electrons. The van der Waals surface area contributed by atoms with E-state index in [1.54, 1.807) is 23.5 Å². The Morgan fingerprint density at radius 2 is 2.03 bits per heavy atom. The second kappa shape index (κ2) is 7.19. The van der Waals surface area contributed by atoms with E-state index in [-0.39, 0.29) is 17.7 Å². The monoisotopic (exact) mass is 438 g/mol. The molecule has 3 unspecified atom stereocenters. The van der Waals surface area contributed by atoms with Gasteiger partial charge in [-0.3, -0.25) is 4.90 Å². The lowest BCUT2D eigenvalue weighted by atomic mass is 9.86. The Morgan fingerprint density at radius 1 is 1.23 bits per heavy atom. The normalized spacial score (nSPS) is 25.7. The van der Waals surface area contributed by atoms with Crippen LogP contribution in [0.2, 0.25) is 5.02 Å². The van der Waals surface area contributed by atoms with Crippen molar-refractivity contribution < 1.29 is 9.90 Å². The smallest absolute Gasteiger partial charge is 0.140 e. The lowest BCUT2D eigenvalue weighted by molar-refractivity contribution is -0.115. The van der Waals surface area contributed by atoms with E-state index >= 15 is 0 Å². The minimum absolute atomic E-state index is 0.135. The first-order valence-corrected chi connectivity index (χ1v) is 11.4. The molecule has 3 aromatic rings. The van der Waals surface area contributed by atoms with Gasteiger partial charge >= 0.3 is 0 Å². The van der Waals surface area contributed by atoms with Gasteiger partial charge < -0.3 is 9.90 Å². The summed E-state index contributed by atoms with van der Waals surface area (Å²) in [4.78, 5) is 20.7. The molecule has 1 aliphatic heterocycles. The van der Waals surface area contributed by atoms with Crippen LogP contribution in [0.15, 0.2) is 42.5 Å². The van der Waals surface area contributed by atoms with Crippen molar-refractivity contribution in [1.82, 2.24) is 9.88 Å². The number of carbonyl (C=O) groups is 1. The van der Waals surface area contributed by atoms with Gasteiger partial charge in [-0.2, -0.15) is 0 Å². The number of aromatic nitrogens is 1. The summed E-state index contributed by atoms with van der Waals surface area (Å²) in [7, 11) is 0. The molecule has 3 atom stereocenters. The third-order valence-corrected chi connectivity index (χ3v) is 7.96. The zero-order chi connectivity index (χ0) is 21.0. The molecule has 1 N–H and O–H groups in total. The van der Waals surface area contributed by atoms with Crippen LogP contribution in [-0.2, 0) is 11.2 Å². The Balaban J connectivity index is 1.64. The van der Waals surface area contributed by atoms with E-state index < -0.39 is 5.54 Å². The Bertz CT molecular complexity index is 1140. The number of aromatic hydroxyl groups is 1. The maximum absolute atomic E-state index is 12.6. The summed E-state index contributed by atoms with van der Waals surface area (Å²) in [5.41, 5.74) is 3.56. The molecule has 30 heavy (non-hydrogen) atoms. The van der Waals surface area contributed by atoms with Crippen LogP contribution in [0.5, 0.6) is 5.75 Å². The minimum atomic E-state index is -0.587. The molecule has 2 aliphatic rings. The first-order chi connectivity index (χ1) is 14.4. The summed E-state index contributed by atoms with van der Waals surface area (Å²) < 4.78 is 0. The fourth-order valence-corrected chi connectivity index (χ4v) is 6.37. The molecular weight excluding hydrogens is 416 g/mol. The van der Waals surface area contributed by atoms with E-state index in [1.807, 2.05) is 32.0 Å². The summed E-state index contributed by atoms with van der Waals surface area (Å²) in [6.07, 6.45) is 2.77. The molecule has 2 aromatic carbocycles. The summed E-state index contributed by atoms with van der Waals surface area (Å²) in [5, 5.41) is 12.3. The predicted molar refractivity (Wildman–Crippen MR) is 120 cm³/mol. The Hall–Kier alpha value is -2.21. The molecule has 0 bridgehead atoms. The summed E-state index contributed by atoms with van der Waals surface area (Å²) in [5.74, 6) is 0.337. The van der Waals surface area contributed by atoms with Crippen molar-refractivity contribution in [2.45, 2.75) is 44.2 Å². The van der Waals surface area contributed by atoms with Crippen molar-refractivity contribution >= 4 is 29.2 Å². The van der Waals surface area contributed by atoms with Gasteiger partial charge in [0, 0.05) is 27.9 Å². The highest BCUT2D eigenvalue weighted by molar-refractivity contribution is 7.11. The maximum Gasteiger partial charge on any atom is 0.140 e. The summed E-state index contributed by atoms with van der Waals surface area (Å²) >= 11 is 8.00. The molecule has 1 aliphatic carbocycles. The highest BCUT2D eigenvalue weighted by Crippen LogP contribution is 2.60. The number of thiazole rings is 1. The Labute approximate surface area is 185 Å². The van der Waals surface area contributed by atoms with E-state index in [0.717, 1.165) is 47.5 Å². The summed E-state index contributed by atoms with van der Waals surface area (Å²) in [6.45, 7) is 4.79. The van der Waals surface area contributed by atoms with Crippen molar-refractivity contribution in [3.63, 3.8) is 0 Å². The second-order valence-corrected chi connectivity index (χ2v) is 9.97. The molecule has 1 aromatic heterocycles. The average molecular weight is 439 g/mol. The predicted octanol–water partition coefficient (Wildman–Crippen LogP) is 5.19. The number of phenolic OH excluding ortho intramolecular Hbond substituents is 1. The van der Waals surface area contributed by atoms with Crippen molar-refractivity contribution in [3.05, 3.63) is 79.8 Å². The van der Waals surface area contributed by atoms with E-state index in [2.05, 4.69) is 22.0 Å². The van der Waals surface area contributed by atoms with Crippen molar-refractivity contribution in [2.75, 3.05) is 6.54 Å². The number of carbonyl (C=O) groups excluding carboxylic acids is 1. The van der Waals surface area contributed by atoms with Crippen LogP contribution < -0.4 is 0 Å². The van der Waals surface area contributed by atoms with Gasteiger partial charge in [-0.1, -0.05) is 35.9 Å². The van der Waals surface area contributed by atoms with Crippen LogP contribution in [-0.4, -0.2) is 33.4 Å². The molecule has 154 valence electrons. The van der Waals surface area contributed by atoms with Crippen LogP contribution in [0.3, 0.4) is 0 Å². The number of halogens is 1. The largest absolute Gasteiger partial charge is 0.508 e. The van der Waals surface area contributed by atoms with Gasteiger partial charge in [0.05, 0.1) is 22.3 Å². The number of aryl methyl sites for hydroxylation is 2. The van der Waals surface area contributed by atoms with Gasteiger partial charge in [0.25, 0.3) is 0 Å². The average Bonchev–Trinajstić information content (AvgIpc) is 3.39. The number of nitrogens with zero attached hydrogens (tertiary/aromatic N) is 2. The number of benzene rings is 2. The SMILES string of the molecule is Cc1nc(C)c(C2CC2(C=O)N2CCc3ccccc3C2c2cc(Cl)ccc2O)s1. The number of phenols is 1. The van der Waals surface area contributed by atoms with E-state index in [0.29, 0.717) is 5.02 Å². The molecule has 2 heterocycles. The first kappa shape index (κ1) is 19.7. The van der Waals surface area contributed by atoms with E-state index in [9.17, 15) is 9.90 Å². The second-order valence-electron chi connectivity index (χ2n) is 8.30. The molecule has 0 amide bonds. The van der Waals surface area contributed by atoms with E-state index in [1.165, 1.54) is 10.4 Å². The standard InChI is InChI=1S/C24H23ClN2O2S/c1-14-23(30-15(2)26-14)20-12-24(20,13-28)27-10-9-16-5-3-4-6-18(16)22(27)19-11-17(25)7-8-21(19)29/h3-8,11,13,20,22,29H,9-10,12H2,1-2H3. The fourth-order valence-electron chi connectivity index (χ4n) is 5.07. The molecular formula is C24H23ClN2O2S. The number of hydrogen-bond donors (Lipinski definition) is 1. The zero-order valence-electron chi connectivity index (χ0n) is 16.9. The lowest BCUT2D eigenvalue weighted by Gasteiger charge is -2.42. The highest BCUT2D eigenvalue weighted by Gasteiger charge is 2.62. The molecule has 1 saturated carbocycles. The van der Waals surface area contributed by atoms with Gasteiger partial charge in [-0.05, 0) is 56.0 Å². The third-order valence-electron chi connectivity index (χ3n) is 6.54. The van der Waals surface area contributed by atoms with Crippen LogP contribution in [0, 0.1) is 13.8 Å². The van der Waals surface area contributed by atoms with Gasteiger partial charge in [0.2, 0.25) is 0 Å². The Morgan fingerprint density at radius 3 is 2.77 bits per heavy atom. The molecule has 0 spiro atoms. The maximum atomic E-state index is 12.6. The van der Waals surface area contributed by atoms with Crippen molar-refractivity contribution in [2.24, 2.45) is 0 Å². The van der Waals surface area contributed by atoms with Crippen molar-refractivity contribution in [3.8, 4) is 5.75 Å². The summed E-state index contributed by atoms with van der Waals surface area (Å²) in [6, 6.07) is 13.2.